The lowest BCUT2D eigenvalue weighted by Gasteiger charge is -2.45. The number of nitrogens with two attached hydrogens (primary N) is 1. The van der Waals surface area contributed by atoms with Crippen LogP contribution in [0, 0.1) is 6.20 Å². The maximum absolute atomic E-state index is 15.6. The highest BCUT2D eigenvalue weighted by atomic mass is 19.1. The minimum Gasteiger partial charge on any atom is -0.350 e. The van der Waals surface area contributed by atoms with Gasteiger partial charge in [-0.1, -0.05) is 6.42 Å². The van der Waals surface area contributed by atoms with Gasteiger partial charge >= 0.3 is 6.03 Å². The summed E-state index contributed by atoms with van der Waals surface area (Å²) in [5, 5.41) is 3.88. The lowest BCUT2D eigenvalue weighted by Crippen LogP contribution is -2.57. The van der Waals surface area contributed by atoms with Crippen LogP contribution >= 0.6 is 0 Å². The topological polar surface area (TPSA) is 84.5 Å². The van der Waals surface area contributed by atoms with Gasteiger partial charge in [-0.15, -0.1) is 0 Å². The molecular formula is C18H25FN5O2. The Labute approximate surface area is 152 Å². The quantitative estimate of drug-likeness (QED) is 0.865. The van der Waals surface area contributed by atoms with E-state index < -0.39 is 23.1 Å². The number of aromatic nitrogens is 2. The number of halogens is 1. The van der Waals surface area contributed by atoms with Crippen LogP contribution in [0.3, 0.4) is 0 Å². The van der Waals surface area contributed by atoms with Gasteiger partial charge in [-0.25, -0.2) is 9.18 Å². The SMILES string of the molecule is CC1(C)c2c([c]nn2C(N)=O)CN1C(=O)C1(F)CCN(C2CCC2)CC1. The first-order valence-electron chi connectivity index (χ1n) is 9.29. The molecule has 1 aromatic rings. The number of carbonyl (C=O) groups excluding carboxylic acids is 2. The van der Waals surface area contributed by atoms with Gasteiger partial charge in [0.2, 0.25) is 0 Å². The summed E-state index contributed by atoms with van der Waals surface area (Å²) in [5.41, 5.74) is 3.79. The van der Waals surface area contributed by atoms with E-state index >= 15 is 4.39 Å². The number of likely N-dealkylation sites (tertiary alicyclic amines) is 1. The van der Waals surface area contributed by atoms with Gasteiger partial charge in [-0.05, 0) is 26.7 Å². The van der Waals surface area contributed by atoms with Crippen molar-refractivity contribution in [2.45, 2.75) is 69.7 Å². The summed E-state index contributed by atoms with van der Waals surface area (Å²) >= 11 is 0. The molecule has 2 fully saturated rings. The summed E-state index contributed by atoms with van der Waals surface area (Å²) in [6.45, 7) is 5.02. The first-order valence-corrected chi connectivity index (χ1v) is 9.29. The summed E-state index contributed by atoms with van der Waals surface area (Å²) < 4.78 is 16.6. The standard InChI is InChI=1S/C18H25FN5O2/c1-17(2)14-12(10-21-24(14)16(20)26)11-23(17)15(25)18(19)6-8-22(9-7-18)13-4-3-5-13/h13H,3-9,11H2,1-2H3,(H2,20,26). The molecule has 1 radical (unpaired) electrons. The van der Waals surface area contributed by atoms with Crippen LogP contribution in [0.25, 0.3) is 0 Å². The highest BCUT2D eigenvalue weighted by Crippen LogP contribution is 2.42. The van der Waals surface area contributed by atoms with Crippen molar-refractivity contribution in [1.82, 2.24) is 19.6 Å². The number of hydrogen-bond donors (Lipinski definition) is 1. The maximum Gasteiger partial charge on any atom is 0.339 e. The van der Waals surface area contributed by atoms with Crippen molar-refractivity contribution in [1.29, 1.82) is 0 Å². The van der Waals surface area contributed by atoms with Crippen molar-refractivity contribution in [3.05, 3.63) is 17.5 Å². The molecule has 4 rings (SSSR count). The van der Waals surface area contributed by atoms with Crippen LogP contribution < -0.4 is 5.73 Å². The van der Waals surface area contributed by atoms with Crippen LogP contribution in [0.15, 0.2) is 0 Å². The van der Waals surface area contributed by atoms with E-state index in [0.717, 1.165) is 4.68 Å². The van der Waals surface area contributed by atoms with Gasteiger partial charge in [-0.2, -0.15) is 9.78 Å². The van der Waals surface area contributed by atoms with Crippen molar-refractivity contribution in [2.24, 2.45) is 5.73 Å². The fourth-order valence-corrected chi connectivity index (χ4v) is 4.50. The molecule has 141 valence electrons. The van der Waals surface area contributed by atoms with Gasteiger partial charge in [0.05, 0.1) is 17.8 Å². The molecule has 0 atom stereocenters. The molecule has 1 saturated carbocycles. The van der Waals surface area contributed by atoms with Gasteiger partial charge in [0, 0.05) is 37.5 Å². The van der Waals surface area contributed by atoms with Crippen LogP contribution in [-0.2, 0) is 16.9 Å². The lowest BCUT2D eigenvalue weighted by molar-refractivity contribution is -0.154. The van der Waals surface area contributed by atoms with Gasteiger partial charge in [0.15, 0.2) is 5.67 Å². The molecular weight excluding hydrogens is 337 g/mol. The smallest absolute Gasteiger partial charge is 0.339 e. The summed E-state index contributed by atoms with van der Waals surface area (Å²) in [5.74, 6) is -0.503. The normalized spacial score (nSPS) is 25.0. The Morgan fingerprint density at radius 2 is 1.92 bits per heavy atom. The first kappa shape index (κ1) is 17.5. The largest absolute Gasteiger partial charge is 0.350 e. The number of rotatable bonds is 2. The number of piperidine rings is 1. The zero-order chi connectivity index (χ0) is 18.7. The van der Waals surface area contributed by atoms with Crippen LogP contribution in [0.5, 0.6) is 0 Å². The number of nitrogens with zero attached hydrogens (tertiary/aromatic N) is 4. The number of carbonyl (C=O) groups is 2. The molecule has 26 heavy (non-hydrogen) atoms. The Balaban J connectivity index is 1.52. The number of alkyl halides is 1. The third kappa shape index (κ3) is 2.46. The van der Waals surface area contributed by atoms with Gasteiger partial charge < -0.3 is 15.5 Å². The van der Waals surface area contributed by atoms with Crippen LogP contribution in [0.4, 0.5) is 9.18 Å². The number of primary amides is 1. The molecule has 2 aliphatic heterocycles. The molecule has 0 unspecified atom stereocenters. The van der Waals surface area contributed by atoms with Gasteiger partial charge in [-0.3, -0.25) is 4.79 Å². The average molecular weight is 362 g/mol. The second-order valence-corrected chi connectivity index (χ2v) is 8.23. The van der Waals surface area contributed by atoms with E-state index in [9.17, 15) is 9.59 Å². The highest BCUT2D eigenvalue weighted by Gasteiger charge is 2.52. The van der Waals surface area contributed by atoms with Crippen molar-refractivity contribution in [2.75, 3.05) is 13.1 Å². The van der Waals surface area contributed by atoms with E-state index in [1.54, 1.807) is 13.8 Å². The maximum atomic E-state index is 15.6. The minimum atomic E-state index is -1.86. The Morgan fingerprint density at radius 3 is 2.46 bits per heavy atom. The van der Waals surface area contributed by atoms with E-state index in [0.29, 0.717) is 30.4 Å². The van der Waals surface area contributed by atoms with E-state index in [1.165, 1.54) is 24.2 Å². The van der Waals surface area contributed by atoms with E-state index in [1.807, 2.05) is 0 Å². The summed E-state index contributed by atoms with van der Waals surface area (Å²) in [6, 6.07) is -0.160. The monoisotopic (exact) mass is 362 g/mol. The Kier molecular flexibility index (Phi) is 3.87. The second-order valence-electron chi connectivity index (χ2n) is 8.23. The summed E-state index contributed by atoms with van der Waals surface area (Å²) in [4.78, 5) is 28.5. The first-order chi connectivity index (χ1) is 12.2. The summed E-state index contributed by atoms with van der Waals surface area (Å²) in [6.07, 6.45) is 6.79. The molecule has 2 amide bonds. The molecule has 3 heterocycles. The molecule has 2 N–H and O–H groups in total. The Bertz CT molecular complexity index is 747. The fraction of sp³-hybridized carbons (Fsp3) is 0.722. The molecule has 0 spiro atoms. The second kappa shape index (κ2) is 5.77. The molecule has 0 bridgehead atoms. The minimum absolute atomic E-state index is 0.201. The predicted molar refractivity (Wildman–Crippen MR) is 91.9 cm³/mol. The third-order valence-corrected chi connectivity index (χ3v) is 6.37. The van der Waals surface area contributed by atoms with Crippen molar-refractivity contribution >= 4 is 11.9 Å². The van der Waals surface area contributed by atoms with Crippen molar-refractivity contribution in [3.63, 3.8) is 0 Å². The number of hydrogen-bond acceptors (Lipinski definition) is 4. The van der Waals surface area contributed by atoms with Crippen molar-refractivity contribution in [3.8, 4) is 0 Å². The predicted octanol–water partition coefficient (Wildman–Crippen LogP) is 1.54. The Morgan fingerprint density at radius 1 is 1.27 bits per heavy atom. The molecule has 1 aromatic heterocycles. The molecule has 1 saturated heterocycles. The summed E-state index contributed by atoms with van der Waals surface area (Å²) in [7, 11) is 0. The zero-order valence-corrected chi connectivity index (χ0v) is 15.3. The van der Waals surface area contributed by atoms with E-state index in [4.69, 9.17) is 5.73 Å². The van der Waals surface area contributed by atoms with E-state index in [2.05, 4.69) is 16.2 Å². The van der Waals surface area contributed by atoms with Crippen LogP contribution in [0.1, 0.15) is 57.2 Å². The molecule has 0 aromatic carbocycles. The van der Waals surface area contributed by atoms with Crippen LogP contribution in [0.2, 0.25) is 0 Å². The average Bonchev–Trinajstić information content (AvgIpc) is 3.06. The van der Waals surface area contributed by atoms with E-state index in [-0.39, 0.29) is 19.4 Å². The van der Waals surface area contributed by atoms with Crippen LogP contribution in [-0.4, -0.2) is 56.3 Å². The number of fused-ring (bicyclic) bond motifs is 1. The lowest BCUT2D eigenvalue weighted by atomic mass is 9.85. The van der Waals surface area contributed by atoms with Gasteiger partial charge in [0.1, 0.15) is 6.20 Å². The highest BCUT2D eigenvalue weighted by molar-refractivity contribution is 5.87. The Hall–Kier alpha value is -1.96. The molecule has 1 aliphatic carbocycles. The number of amides is 2. The molecule has 7 nitrogen and oxygen atoms in total. The van der Waals surface area contributed by atoms with Gasteiger partial charge in [0.25, 0.3) is 5.91 Å². The van der Waals surface area contributed by atoms with Crippen molar-refractivity contribution < 1.29 is 14.0 Å². The zero-order valence-electron chi connectivity index (χ0n) is 15.3. The fourth-order valence-electron chi connectivity index (χ4n) is 4.50. The third-order valence-electron chi connectivity index (χ3n) is 6.37. The molecule has 8 heteroatoms. The molecule has 3 aliphatic rings.